The summed E-state index contributed by atoms with van der Waals surface area (Å²) in [4.78, 5) is 12.5. The Morgan fingerprint density at radius 3 is 2.35 bits per heavy atom. The van der Waals surface area contributed by atoms with E-state index in [4.69, 9.17) is 5.11 Å². The third kappa shape index (κ3) is 5.30. The summed E-state index contributed by atoms with van der Waals surface area (Å²) >= 11 is 0. The first-order chi connectivity index (χ1) is 10.8. The van der Waals surface area contributed by atoms with Gasteiger partial charge in [-0.15, -0.1) is 0 Å². The SMILES string of the molecule is Cc1cccc(C)c1CS(=O)(=O)NC1CCN(CC(=O)O)CC1. The minimum Gasteiger partial charge on any atom is -0.480 e. The minimum atomic E-state index is -3.40. The number of likely N-dealkylation sites (tertiary alicyclic amines) is 1. The van der Waals surface area contributed by atoms with E-state index in [2.05, 4.69) is 4.72 Å². The van der Waals surface area contributed by atoms with Gasteiger partial charge in [0.1, 0.15) is 0 Å². The van der Waals surface area contributed by atoms with Crippen LogP contribution < -0.4 is 4.72 Å². The van der Waals surface area contributed by atoms with Crippen LogP contribution >= 0.6 is 0 Å². The van der Waals surface area contributed by atoms with E-state index in [9.17, 15) is 13.2 Å². The normalized spacial score (nSPS) is 17.3. The molecule has 0 atom stereocenters. The Morgan fingerprint density at radius 2 is 1.83 bits per heavy atom. The fourth-order valence-corrected chi connectivity index (χ4v) is 4.62. The van der Waals surface area contributed by atoms with Crippen LogP contribution in [0, 0.1) is 13.8 Å². The molecule has 0 bridgehead atoms. The standard InChI is InChI=1S/C16H24N2O4S/c1-12-4-3-5-13(2)15(12)11-23(21,22)17-14-6-8-18(9-7-14)10-16(19)20/h3-5,14,17H,6-11H2,1-2H3,(H,19,20). The molecular weight excluding hydrogens is 316 g/mol. The molecule has 0 aliphatic carbocycles. The molecule has 0 aromatic heterocycles. The predicted molar refractivity (Wildman–Crippen MR) is 88.8 cm³/mol. The molecular formula is C16H24N2O4S. The molecule has 6 nitrogen and oxygen atoms in total. The number of aryl methyl sites for hydroxylation is 2. The number of carboxylic acid groups (broad SMARTS) is 1. The van der Waals surface area contributed by atoms with Crippen molar-refractivity contribution in [2.45, 2.75) is 38.5 Å². The van der Waals surface area contributed by atoms with Crippen LogP contribution in [0.25, 0.3) is 0 Å². The van der Waals surface area contributed by atoms with E-state index in [-0.39, 0.29) is 18.3 Å². The monoisotopic (exact) mass is 340 g/mol. The highest BCUT2D eigenvalue weighted by molar-refractivity contribution is 7.88. The van der Waals surface area contributed by atoms with E-state index >= 15 is 0 Å². The van der Waals surface area contributed by atoms with Crippen LogP contribution in [0.2, 0.25) is 0 Å². The van der Waals surface area contributed by atoms with Crippen LogP contribution in [0.15, 0.2) is 18.2 Å². The van der Waals surface area contributed by atoms with E-state index in [0.29, 0.717) is 25.9 Å². The second-order valence-corrected chi connectivity index (χ2v) is 7.95. The van der Waals surface area contributed by atoms with Gasteiger partial charge in [-0.3, -0.25) is 9.69 Å². The number of hydrogen-bond donors (Lipinski definition) is 2. The van der Waals surface area contributed by atoms with Gasteiger partial charge >= 0.3 is 5.97 Å². The number of benzene rings is 1. The van der Waals surface area contributed by atoms with Crippen molar-refractivity contribution in [3.63, 3.8) is 0 Å². The summed E-state index contributed by atoms with van der Waals surface area (Å²) in [5, 5.41) is 8.78. The minimum absolute atomic E-state index is 0.0130. The molecule has 7 heteroatoms. The Balaban J connectivity index is 1.94. The topological polar surface area (TPSA) is 86.7 Å². The Morgan fingerprint density at radius 1 is 1.26 bits per heavy atom. The molecule has 2 N–H and O–H groups in total. The molecule has 2 rings (SSSR count). The van der Waals surface area contributed by atoms with E-state index in [1.807, 2.05) is 36.9 Å². The van der Waals surface area contributed by atoms with Gasteiger partial charge in [0.15, 0.2) is 0 Å². The van der Waals surface area contributed by atoms with Crippen molar-refractivity contribution in [1.29, 1.82) is 0 Å². The van der Waals surface area contributed by atoms with E-state index in [1.54, 1.807) is 0 Å². The summed E-state index contributed by atoms with van der Waals surface area (Å²) in [6, 6.07) is 5.64. The largest absolute Gasteiger partial charge is 0.480 e. The Hall–Kier alpha value is -1.44. The Bertz CT molecular complexity index is 644. The maximum Gasteiger partial charge on any atom is 0.317 e. The lowest BCUT2D eigenvalue weighted by molar-refractivity contribution is -0.138. The lowest BCUT2D eigenvalue weighted by atomic mass is 10.1. The molecule has 128 valence electrons. The summed E-state index contributed by atoms with van der Waals surface area (Å²) < 4.78 is 27.6. The number of aliphatic carboxylic acids is 1. The fourth-order valence-electron chi connectivity index (χ4n) is 2.96. The number of piperidine rings is 1. The molecule has 1 aliphatic heterocycles. The van der Waals surface area contributed by atoms with Gasteiger partial charge in [0.25, 0.3) is 0 Å². The molecule has 0 radical (unpaired) electrons. The van der Waals surface area contributed by atoms with Gasteiger partial charge in [-0.25, -0.2) is 13.1 Å². The molecule has 0 unspecified atom stereocenters. The molecule has 23 heavy (non-hydrogen) atoms. The number of carboxylic acids is 1. The first-order valence-corrected chi connectivity index (χ1v) is 9.41. The Kier molecular flexibility index (Phi) is 5.78. The zero-order valence-electron chi connectivity index (χ0n) is 13.6. The maximum absolute atomic E-state index is 12.4. The summed E-state index contributed by atoms with van der Waals surface area (Å²) in [7, 11) is -3.40. The molecule has 1 aromatic carbocycles. The van der Waals surface area contributed by atoms with Gasteiger partial charge in [-0.2, -0.15) is 0 Å². The van der Waals surface area contributed by atoms with E-state index in [1.165, 1.54) is 0 Å². The van der Waals surface area contributed by atoms with E-state index < -0.39 is 16.0 Å². The number of hydrogen-bond acceptors (Lipinski definition) is 4. The van der Waals surface area contributed by atoms with Gasteiger partial charge in [-0.05, 0) is 43.4 Å². The zero-order valence-corrected chi connectivity index (χ0v) is 14.4. The van der Waals surface area contributed by atoms with Crippen molar-refractivity contribution in [2.75, 3.05) is 19.6 Å². The van der Waals surface area contributed by atoms with E-state index in [0.717, 1.165) is 16.7 Å². The third-order valence-corrected chi connectivity index (χ3v) is 5.63. The van der Waals surface area contributed by atoms with Gasteiger partial charge in [0.05, 0.1) is 12.3 Å². The first-order valence-electron chi connectivity index (χ1n) is 7.76. The summed E-state index contributed by atoms with van der Waals surface area (Å²) in [6.07, 6.45) is 1.28. The van der Waals surface area contributed by atoms with Crippen LogP contribution in [0.3, 0.4) is 0 Å². The smallest absolute Gasteiger partial charge is 0.317 e. The number of carbonyl (C=O) groups is 1. The quantitative estimate of drug-likeness (QED) is 0.814. The average molecular weight is 340 g/mol. The van der Waals surface area contributed by atoms with Gasteiger partial charge in [0, 0.05) is 19.1 Å². The number of nitrogens with zero attached hydrogens (tertiary/aromatic N) is 1. The number of sulfonamides is 1. The molecule has 1 fully saturated rings. The van der Waals surface area contributed by atoms with Gasteiger partial charge in [-0.1, -0.05) is 18.2 Å². The van der Waals surface area contributed by atoms with Crippen LogP contribution in [0.1, 0.15) is 29.5 Å². The van der Waals surface area contributed by atoms with Crippen molar-refractivity contribution < 1.29 is 18.3 Å². The molecule has 0 amide bonds. The van der Waals surface area contributed by atoms with Gasteiger partial charge < -0.3 is 5.11 Å². The molecule has 1 aliphatic rings. The van der Waals surface area contributed by atoms with Crippen molar-refractivity contribution >= 4 is 16.0 Å². The molecule has 1 heterocycles. The Labute approximate surface area is 137 Å². The molecule has 0 saturated carbocycles. The summed E-state index contributed by atoms with van der Waals surface area (Å²) in [6.45, 7) is 5.05. The zero-order chi connectivity index (χ0) is 17.0. The lowest BCUT2D eigenvalue weighted by Crippen LogP contribution is -2.46. The van der Waals surface area contributed by atoms with Crippen LogP contribution in [0.4, 0.5) is 0 Å². The molecule has 0 spiro atoms. The second-order valence-electron chi connectivity index (χ2n) is 6.19. The van der Waals surface area contributed by atoms with Crippen molar-refractivity contribution in [3.8, 4) is 0 Å². The summed E-state index contributed by atoms with van der Waals surface area (Å²) in [5.74, 6) is -0.861. The highest BCUT2D eigenvalue weighted by Gasteiger charge is 2.25. The first kappa shape index (κ1) is 17.9. The molecule has 1 aromatic rings. The highest BCUT2D eigenvalue weighted by atomic mass is 32.2. The van der Waals surface area contributed by atoms with Crippen molar-refractivity contribution in [2.24, 2.45) is 0 Å². The predicted octanol–water partition coefficient (Wildman–Crippen LogP) is 1.27. The van der Waals surface area contributed by atoms with Crippen molar-refractivity contribution in [1.82, 2.24) is 9.62 Å². The highest BCUT2D eigenvalue weighted by Crippen LogP contribution is 2.18. The van der Waals surface area contributed by atoms with Gasteiger partial charge in [0.2, 0.25) is 10.0 Å². The van der Waals surface area contributed by atoms with Crippen LogP contribution in [-0.2, 0) is 20.6 Å². The number of nitrogens with one attached hydrogen (secondary N) is 1. The van der Waals surface area contributed by atoms with Crippen molar-refractivity contribution in [3.05, 3.63) is 34.9 Å². The average Bonchev–Trinajstić information content (AvgIpc) is 2.44. The fraction of sp³-hybridized carbons (Fsp3) is 0.562. The molecule has 1 saturated heterocycles. The lowest BCUT2D eigenvalue weighted by Gasteiger charge is -2.31. The third-order valence-electron chi connectivity index (χ3n) is 4.27. The van der Waals surface area contributed by atoms with Crippen LogP contribution in [0.5, 0.6) is 0 Å². The number of rotatable bonds is 6. The maximum atomic E-state index is 12.4. The summed E-state index contributed by atoms with van der Waals surface area (Å²) in [5.41, 5.74) is 2.81. The second kappa shape index (κ2) is 7.42. The van der Waals surface area contributed by atoms with Crippen LogP contribution in [-0.4, -0.2) is 50.1 Å².